The Balaban J connectivity index is 2.24. The average Bonchev–Trinajstić information content (AvgIpc) is 2.99. The fourth-order valence-corrected chi connectivity index (χ4v) is 2.27. The molecule has 0 radical (unpaired) electrons. The fraction of sp³-hybridized carbons (Fsp3) is 0.417. The van der Waals surface area contributed by atoms with E-state index >= 15 is 0 Å². The van der Waals surface area contributed by atoms with E-state index in [2.05, 4.69) is 15.9 Å². The molecule has 0 saturated heterocycles. The third kappa shape index (κ3) is 2.23. The lowest BCUT2D eigenvalue weighted by Gasteiger charge is -2.17. The molecule has 15 heavy (non-hydrogen) atoms. The van der Waals surface area contributed by atoms with E-state index in [0.29, 0.717) is 6.04 Å². The molecule has 1 aliphatic rings. The fourth-order valence-electron chi connectivity index (χ4n) is 1.61. The van der Waals surface area contributed by atoms with Crippen LogP contribution in [-0.4, -0.2) is 23.9 Å². The highest BCUT2D eigenvalue weighted by Crippen LogP contribution is 2.28. The summed E-state index contributed by atoms with van der Waals surface area (Å²) in [5.74, 6) is 0.115. The minimum Gasteiger partial charge on any atom is -0.339 e. The van der Waals surface area contributed by atoms with Crippen LogP contribution in [0.3, 0.4) is 0 Å². The van der Waals surface area contributed by atoms with E-state index in [0.717, 1.165) is 28.4 Å². The van der Waals surface area contributed by atoms with E-state index in [1.165, 1.54) is 0 Å². The Bertz CT molecular complexity index is 399. The van der Waals surface area contributed by atoms with E-state index < -0.39 is 0 Å². The van der Waals surface area contributed by atoms with E-state index in [1.54, 1.807) is 0 Å². The van der Waals surface area contributed by atoms with Crippen molar-refractivity contribution in [3.05, 3.63) is 33.8 Å². The zero-order valence-corrected chi connectivity index (χ0v) is 10.5. The zero-order valence-electron chi connectivity index (χ0n) is 8.96. The third-order valence-electron chi connectivity index (χ3n) is 2.77. The van der Waals surface area contributed by atoms with Crippen molar-refractivity contribution in [2.75, 3.05) is 7.05 Å². The topological polar surface area (TPSA) is 20.3 Å². The maximum Gasteiger partial charge on any atom is 0.254 e. The van der Waals surface area contributed by atoms with E-state index in [1.807, 2.05) is 37.1 Å². The number of amides is 1. The number of hydrogen-bond acceptors (Lipinski definition) is 1. The van der Waals surface area contributed by atoms with Crippen LogP contribution in [0.4, 0.5) is 0 Å². The predicted octanol–water partition coefficient (Wildman–Crippen LogP) is 2.99. The molecule has 1 amide bonds. The van der Waals surface area contributed by atoms with Crippen LogP contribution in [0.2, 0.25) is 0 Å². The highest BCUT2D eigenvalue weighted by atomic mass is 79.9. The van der Waals surface area contributed by atoms with Gasteiger partial charge in [-0.05, 0) is 53.4 Å². The number of rotatable bonds is 2. The van der Waals surface area contributed by atoms with Gasteiger partial charge in [0, 0.05) is 17.6 Å². The summed E-state index contributed by atoms with van der Waals surface area (Å²) in [4.78, 5) is 13.9. The minimum atomic E-state index is 0.115. The molecular formula is C12H14BrNO. The molecule has 0 atom stereocenters. The lowest BCUT2D eigenvalue weighted by atomic mass is 10.1. The predicted molar refractivity (Wildman–Crippen MR) is 64.0 cm³/mol. The molecule has 0 aromatic heterocycles. The summed E-state index contributed by atoms with van der Waals surface area (Å²) in [6.45, 7) is 2.02. The number of carbonyl (C=O) groups is 1. The molecule has 3 heteroatoms. The number of benzene rings is 1. The van der Waals surface area contributed by atoms with Gasteiger partial charge in [-0.3, -0.25) is 4.79 Å². The van der Waals surface area contributed by atoms with Crippen LogP contribution in [0.5, 0.6) is 0 Å². The first-order valence-corrected chi connectivity index (χ1v) is 5.92. The highest BCUT2D eigenvalue weighted by Gasteiger charge is 2.30. The highest BCUT2D eigenvalue weighted by molar-refractivity contribution is 9.10. The Hall–Kier alpha value is -0.830. The molecule has 2 rings (SSSR count). The van der Waals surface area contributed by atoms with Gasteiger partial charge in [0.25, 0.3) is 5.91 Å². The Kier molecular flexibility index (Phi) is 2.83. The van der Waals surface area contributed by atoms with Crippen LogP contribution >= 0.6 is 15.9 Å². The van der Waals surface area contributed by atoms with Crippen molar-refractivity contribution in [3.8, 4) is 0 Å². The van der Waals surface area contributed by atoms with Gasteiger partial charge in [-0.2, -0.15) is 0 Å². The smallest absolute Gasteiger partial charge is 0.254 e. The quantitative estimate of drug-likeness (QED) is 0.807. The summed E-state index contributed by atoms with van der Waals surface area (Å²) in [5, 5.41) is 0. The summed E-state index contributed by atoms with van der Waals surface area (Å²) in [7, 11) is 1.88. The van der Waals surface area contributed by atoms with Gasteiger partial charge < -0.3 is 4.90 Å². The minimum absolute atomic E-state index is 0.115. The lowest BCUT2D eigenvalue weighted by molar-refractivity contribution is 0.0784. The molecule has 1 saturated carbocycles. The summed E-state index contributed by atoms with van der Waals surface area (Å²) in [6.07, 6.45) is 2.29. The van der Waals surface area contributed by atoms with Crippen LogP contribution in [0.25, 0.3) is 0 Å². The molecule has 0 bridgehead atoms. The SMILES string of the molecule is Cc1ccc(C(=O)N(C)C2CC2)c(Br)c1. The second-order valence-electron chi connectivity index (χ2n) is 4.13. The van der Waals surface area contributed by atoms with Gasteiger partial charge in [-0.1, -0.05) is 6.07 Å². The molecule has 0 heterocycles. The van der Waals surface area contributed by atoms with E-state index in [4.69, 9.17) is 0 Å². The second-order valence-corrected chi connectivity index (χ2v) is 4.98. The van der Waals surface area contributed by atoms with E-state index in [-0.39, 0.29) is 5.91 Å². The molecular weight excluding hydrogens is 254 g/mol. The molecule has 0 N–H and O–H groups in total. The standard InChI is InChI=1S/C12H14BrNO/c1-8-3-6-10(11(13)7-8)12(15)14(2)9-4-5-9/h3,6-7,9H,4-5H2,1-2H3. The van der Waals surface area contributed by atoms with Gasteiger partial charge in [0.05, 0.1) is 5.56 Å². The maximum absolute atomic E-state index is 12.1. The first-order valence-electron chi connectivity index (χ1n) is 5.13. The van der Waals surface area contributed by atoms with Crippen LogP contribution in [-0.2, 0) is 0 Å². The molecule has 1 fully saturated rings. The number of nitrogens with zero attached hydrogens (tertiary/aromatic N) is 1. The molecule has 0 aliphatic heterocycles. The van der Waals surface area contributed by atoms with Crippen molar-refractivity contribution >= 4 is 21.8 Å². The molecule has 1 aliphatic carbocycles. The first kappa shape index (κ1) is 10.7. The monoisotopic (exact) mass is 267 g/mol. The summed E-state index contributed by atoms with van der Waals surface area (Å²) in [6, 6.07) is 6.30. The van der Waals surface area contributed by atoms with Crippen LogP contribution in [0, 0.1) is 6.92 Å². The number of aryl methyl sites for hydroxylation is 1. The molecule has 1 aromatic carbocycles. The van der Waals surface area contributed by atoms with Gasteiger partial charge in [-0.25, -0.2) is 0 Å². The Morgan fingerprint density at radius 3 is 2.67 bits per heavy atom. The van der Waals surface area contributed by atoms with E-state index in [9.17, 15) is 4.79 Å². The second kappa shape index (κ2) is 3.97. The number of halogens is 1. The van der Waals surface area contributed by atoms with Crippen LogP contribution in [0.15, 0.2) is 22.7 Å². The largest absolute Gasteiger partial charge is 0.339 e. The number of carbonyl (C=O) groups excluding carboxylic acids is 1. The summed E-state index contributed by atoms with van der Waals surface area (Å²) < 4.78 is 0.889. The van der Waals surface area contributed by atoms with Crippen molar-refractivity contribution in [2.45, 2.75) is 25.8 Å². The van der Waals surface area contributed by atoms with Gasteiger partial charge >= 0.3 is 0 Å². The third-order valence-corrected chi connectivity index (χ3v) is 3.43. The van der Waals surface area contributed by atoms with Gasteiger partial charge in [0.1, 0.15) is 0 Å². The van der Waals surface area contributed by atoms with Gasteiger partial charge in [-0.15, -0.1) is 0 Å². The summed E-state index contributed by atoms with van der Waals surface area (Å²) >= 11 is 3.44. The average molecular weight is 268 g/mol. The molecule has 2 nitrogen and oxygen atoms in total. The zero-order chi connectivity index (χ0) is 11.0. The van der Waals surface area contributed by atoms with Crippen molar-refractivity contribution in [1.29, 1.82) is 0 Å². The van der Waals surface area contributed by atoms with Gasteiger partial charge in [0.15, 0.2) is 0 Å². The number of hydrogen-bond donors (Lipinski definition) is 0. The van der Waals surface area contributed by atoms with Crippen LogP contribution < -0.4 is 0 Å². The summed E-state index contributed by atoms with van der Waals surface area (Å²) in [5.41, 5.74) is 1.92. The van der Waals surface area contributed by atoms with Crippen molar-refractivity contribution in [1.82, 2.24) is 4.90 Å². The van der Waals surface area contributed by atoms with Gasteiger partial charge in [0.2, 0.25) is 0 Å². The van der Waals surface area contributed by atoms with Crippen LogP contribution in [0.1, 0.15) is 28.8 Å². The molecule has 80 valence electrons. The lowest BCUT2D eigenvalue weighted by Crippen LogP contribution is -2.28. The Morgan fingerprint density at radius 2 is 2.13 bits per heavy atom. The normalized spacial score (nSPS) is 15.1. The molecule has 1 aromatic rings. The van der Waals surface area contributed by atoms with Crippen molar-refractivity contribution < 1.29 is 4.79 Å². The Morgan fingerprint density at radius 1 is 1.47 bits per heavy atom. The Labute approximate surface area is 98.4 Å². The van der Waals surface area contributed by atoms with Crippen molar-refractivity contribution in [3.63, 3.8) is 0 Å². The first-order chi connectivity index (χ1) is 7.09. The van der Waals surface area contributed by atoms with Crippen molar-refractivity contribution in [2.24, 2.45) is 0 Å². The maximum atomic E-state index is 12.1. The molecule has 0 unspecified atom stereocenters. The molecule has 0 spiro atoms.